The third kappa shape index (κ3) is 4.12. The van der Waals surface area contributed by atoms with Gasteiger partial charge in [0.1, 0.15) is 17.5 Å². The minimum absolute atomic E-state index is 0.0447. The van der Waals surface area contributed by atoms with Gasteiger partial charge in [0.15, 0.2) is 0 Å². The van der Waals surface area contributed by atoms with Crippen LogP contribution in [-0.4, -0.2) is 29.9 Å². The molecular formula is C18H21NO4. The number of hydrogen-bond donors (Lipinski definition) is 0. The zero-order valence-electron chi connectivity index (χ0n) is 13.5. The zero-order valence-corrected chi connectivity index (χ0v) is 13.5. The first kappa shape index (κ1) is 17.1. The molecule has 1 aromatic carbocycles. The van der Waals surface area contributed by atoms with Crippen molar-refractivity contribution in [1.29, 1.82) is 0 Å². The lowest BCUT2D eigenvalue weighted by atomic mass is 9.77. The largest absolute Gasteiger partial charge is 0.466 e. The predicted molar refractivity (Wildman–Crippen MR) is 86.7 cm³/mol. The van der Waals surface area contributed by atoms with Gasteiger partial charge in [0.05, 0.1) is 18.2 Å². The van der Waals surface area contributed by atoms with Crippen molar-refractivity contribution in [3.05, 3.63) is 30.3 Å². The van der Waals surface area contributed by atoms with Gasteiger partial charge in [0.2, 0.25) is 0 Å². The first-order valence-corrected chi connectivity index (χ1v) is 7.91. The minimum Gasteiger partial charge on any atom is -0.466 e. The molecule has 1 aromatic rings. The van der Waals surface area contributed by atoms with Crippen molar-refractivity contribution in [3.8, 4) is 0 Å². The summed E-state index contributed by atoms with van der Waals surface area (Å²) in [7, 11) is 0. The molecule has 0 spiro atoms. The molecule has 5 heteroatoms. The Hall–Kier alpha value is -2.30. The number of benzene rings is 1. The average Bonchev–Trinajstić information content (AvgIpc) is 2.54. The van der Waals surface area contributed by atoms with Gasteiger partial charge in [0.25, 0.3) is 0 Å². The van der Waals surface area contributed by atoms with Crippen molar-refractivity contribution >= 4 is 28.9 Å². The summed E-state index contributed by atoms with van der Waals surface area (Å²) in [6.45, 7) is 3.82. The number of aliphatic imine (C=N–C) groups is 1. The Morgan fingerprint density at radius 1 is 1.13 bits per heavy atom. The normalized spacial score (nSPS) is 22.1. The predicted octanol–water partition coefficient (Wildman–Crippen LogP) is 2.90. The minimum atomic E-state index is -0.828. The van der Waals surface area contributed by atoms with Crippen LogP contribution in [0.3, 0.4) is 0 Å². The van der Waals surface area contributed by atoms with E-state index in [-0.39, 0.29) is 31.0 Å². The van der Waals surface area contributed by atoms with Gasteiger partial charge in [-0.2, -0.15) is 0 Å². The third-order valence-corrected chi connectivity index (χ3v) is 3.88. The molecule has 5 nitrogen and oxygen atoms in total. The van der Waals surface area contributed by atoms with E-state index in [4.69, 9.17) is 4.74 Å². The molecule has 0 heterocycles. The summed E-state index contributed by atoms with van der Waals surface area (Å²) in [5.41, 5.74) is 1.28. The standard InChI is InChI=1S/C18H21NO4/c1-3-14(19-13-8-6-5-7-9-13)17-15(20)10-12(11-16(17)21)18(22)23-4-2/h5-9,12,17H,3-4,10-11H2,1-2H3. The van der Waals surface area contributed by atoms with Crippen LogP contribution in [-0.2, 0) is 19.1 Å². The fourth-order valence-corrected chi connectivity index (χ4v) is 2.79. The lowest BCUT2D eigenvalue weighted by molar-refractivity contribution is -0.153. The summed E-state index contributed by atoms with van der Waals surface area (Å²) in [5, 5.41) is 0. The SMILES string of the molecule is CCOC(=O)C1CC(=O)C(C(CC)=Nc2ccccc2)C(=O)C1. The van der Waals surface area contributed by atoms with E-state index in [1.165, 1.54) is 0 Å². The Bertz CT molecular complexity index is 603. The number of carbonyl (C=O) groups is 3. The van der Waals surface area contributed by atoms with Crippen LogP contribution in [0.5, 0.6) is 0 Å². The lowest BCUT2D eigenvalue weighted by Gasteiger charge is -2.25. The van der Waals surface area contributed by atoms with E-state index in [0.29, 0.717) is 12.1 Å². The maximum atomic E-state index is 12.4. The van der Waals surface area contributed by atoms with E-state index in [1.807, 2.05) is 37.3 Å². The summed E-state index contributed by atoms with van der Waals surface area (Å²) in [6, 6.07) is 9.25. The van der Waals surface area contributed by atoms with Gasteiger partial charge in [-0.25, -0.2) is 0 Å². The van der Waals surface area contributed by atoms with Crippen LogP contribution >= 0.6 is 0 Å². The van der Waals surface area contributed by atoms with Crippen LogP contribution in [0.4, 0.5) is 5.69 Å². The summed E-state index contributed by atoms with van der Waals surface area (Å²) in [5.74, 6) is -2.43. The van der Waals surface area contributed by atoms with Crippen molar-refractivity contribution in [2.45, 2.75) is 33.1 Å². The number of nitrogens with zero attached hydrogens (tertiary/aromatic N) is 1. The first-order chi connectivity index (χ1) is 11.1. The Labute approximate surface area is 135 Å². The molecule has 1 aliphatic rings. The van der Waals surface area contributed by atoms with Gasteiger partial charge in [-0.05, 0) is 25.5 Å². The quantitative estimate of drug-likeness (QED) is 0.476. The number of carbonyl (C=O) groups excluding carboxylic acids is 3. The maximum Gasteiger partial charge on any atom is 0.309 e. The fourth-order valence-electron chi connectivity index (χ4n) is 2.79. The first-order valence-electron chi connectivity index (χ1n) is 7.91. The molecule has 0 amide bonds. The molecule has 0 radical (unpaired) electrons. The Morgan fingerprint density at radius 2 is 1.74 bits per heavy atom. The van der Waals surface area contributed by atoms with Crippen molar-refractivity contribution < 1.29 is 19.1 Å². The Morgan fingerprint density at radius 3 is 2.26 bits per heavy atom. The Balaban J connectivity index is 2.19. The number of para-hydroxylation sites is 1. The highest BCUT2D eigenvalue weighted by molar-refractivity contribution is 6.23. The smallest absolute Gasteiger partial charge is 0.309 e. The number of ketones is 2. The van der Waals surface area contributed by atoms with Gasteiger partial charge < -0.3 is 4.74 Å². The van der Waals surface area contributed by atoms with E-state index < -0.39 is 17.8 Å². The molecule has 0 atom stereocenters. The molecule has 1 aliphatic carbocycles. The van der Waals surface area contributed by atoms with Crippen molar-refractivity contribution in [3.63, 3.8) is 0 Å². The second-order valence-corrected chi connectivity index (χ2v) is 5.52. The number of ether oxygens (including phenoxy) is 1. The molecule has 0 aromatic heterocycles. The molecule has 1 saturated carbocycles. The molecule has 0 bridgehead atoms. The molecule has 0 aliphatic heterocycles. The zero-order chi connectivity index (χ0) is 16.8. The molecule has 0 unspecified atom stereocenters. The third-order valence-electron chi connectivity index (χ3n) is 3.88. The Kier molecular flexibility index (Phi) is 5.79. The van der Waals surface area contributed by atoms with Gasteiger partial charge in [-0.3, -0.25) is 19.4 Å². The molecule has 1 fully saturated rings. The van der Waals surface area contributed by atoms with Gasteiger partial charge >= 0.3 is 5.97 Å². The molecule has 0 N–H and O–H groups in total. The van der Waals surface area contributed by atoms with Crippen molar-refractivity contribution in [1.82, 2.24) is 0 Å². The number of hydrogen-bond acceptors (Lipinski definition) is 5. The van der Waals surface area contributed by atoms with Crippen LogP contribution < -0.4 is 0 Å². The highest BCUT2D eigenvalue weighted by Crippen LogP contribution is 2.27. The van der Waals surface area contributed by atoms with Crippen LogP contribution in [0.2, 0.25) is 0 Å². The second-order valence-electron chi connectivity index (χ2n) is 5.52. The van der Waals surface area contributed by atoms with Crippen LogP contribution in [0.15, 0.2) is 35.3 Å². The summed E-state index contributed by atoms with van der Waals surface area (Å²) >= 11 is 0. The van der Waals surface area contributed by atoms with Crippen LogP contribution in [0, 0.1) is 11.8 Å². The molecule has 0 saturated heterocycles. The van der Waals surface area contributed by atoms with Crippen LogP contribution in [0.1, 0.15) is 33.1 Å². The maximum absolute atomic E-state index is 12.4. The van der Waals surface area contributed by atoms with E-state index in [2.05, 4.69) is 4.99 Å². The van der Waals surface area contributed by atoms with E-state index >= 15 is 0 Å². The lowest BCUT2D eigenvalue weighted by Crippen LogP contribution is -2.41. The number of Topliss-reactive ketones (excluding diaryl/α,β-unsaturated/α-hetero) is 2. The van der Waals surface area contributed by atoms with E-state index in [9.17, 15) is 14.4 Å². The van der Waals surface area contributed by atoms with E-state index in [0.717, 1.165) is 5.69 Å². The van der Waals surface area contributed by atoms with E-state index in [1.54, 1.807) is 6.92 Å². The molecule has 23 heavy (non-hydrogen) atoms. The van der Waals surface area contributed by atoms with Crippen molar-refractivity contribution in [2.24, 2.45) is 16.8 Å². The van der Waals surface area contributed by atoms with Gasteiger partial charge in [-0.1, -0.05) is 25.1 Å². The summed E-state index contributed by atoms with van der Waals surface area (Å²) < 4.78 is 4.92. The highest BCUT2D eigenvalue weighted by Gasteiger charge is 2.41. The molecule has 2 rings (SSSR count). The highest BCUT2D eigenvalue weighted by atomic mass is 16.5. The van der Waals surface area contributed by atoms with Gasteiger partial charge in [0, 0.05) is 18.6 Å². The average molecular weight is 315 g/mol. The van der Waals surface area contributed by atoms with Crippen molar-refractivity contribution in [2.75, 3.05) is 6.61 Å². The molecule has 122 valence electrons. The number of rotatable bonds is 5. The van der Waals surface area contributed by atoms with Gasteiger partial charge in [-0.15, -0.1) is 0 Å². The second kappa shape index (κ2) is 7.81. The fraction of sp³-hybridized carbons (Fsp3) is 0.444. The summed E-state index contributed by atoms with van der Waals surface area (Å²) in [4.78, 5) is 41.0. The monoisotopic (exact) mass is 315 g/mol. The number of esters is 1. The van der Waals surface area contributed by atoms with Crippen LogP contribution in [0.25, 0.3) is 0 Å². The topological polar surface area (TPSA) is 72.8 Å². The molecular weight excluding hydrogens is 294 g/mol. The summed E-state index contributed by atoms with van der Waals surface area (Å²) in [6.07, 6.45) is 0.604.